The minimum absolute atomic E-state index is 0.468. The number of anilines is 1. The van der Waals surface area contributed by atoms with Crippen LogP contribution < -0.4 is 5.32 Å². The summed E-state index contributed by atoms with van der Waals surface area (Å²) < 4.78 is 0. The van der Waals surface area contributed by atoms with Crippen LogP contribution in [0, 0.1) is 17.2 Å². The number of hydrogen-bond donors (Lipinski definition) is 1. The summed E-state index contributed by atoms with van der Waals surface area (Å²) in [5, 5.41) is 13.3. The molecule has 120 valence electrons. The van der Waals surface area contributed by atoms with Crippen LogP contribution in [-0.2, 0) is 0 Å². The molecule has 1 aliphatic heterocycles. The first-order chi connectivity index (χ1) is 10.5. The number of nitrogens with zero attached hydrogens (tertiary/aromatic N) is 3. The van der Waals surface area contributed by atoms with E-state index in [0.717, 1.165) is 38.4 Å². The van der Waals surface area contributed by atoms with Gasteiger partial charge in [-0.25, -0.2) is 0 Å². The molecule has 0 spiro atoms. The fourth-order valence-corrected chi connectivity index (χ4v) is 3.09. The van der Waals surface area contributed by atoms with E-state index in [1.807, 2.05) is 12.1 Å². The van der Waals surface area contributed by atoms with Crippen LogP contribution in [0.25, 0.3) is 0 Å². The Hall–Kier alpha value is -1.28. The lowest BCUT2D eigenvalue weighted by atomic mass is 10.0. The number of piperazine rings is 1. The van der Waals surface area contributed by atoms with Gasteiger partial charge >= 0.3 is 0 Å². The lowest BCUT2D eigenvalue weighted by Gasteiger charge is -2.40. The van der Waals surface area contributed by atoms with Gasteiger partial charge in [-0.1, -0.05) is 25.4 Å². The number of hydrogen-bond acceptors (Lipinski definition) is 4. The third kappa shape index (κ3) is 4.36. The van der Waals surface area contributed by atoms with E-state index in [1.54, 1.807) is 6.07 Å². The van der Waals surface area contributed by atoms with Gasteiger partial charge in [0.15, 0.2) is 0 Å². The highest BCUT2D eigenvalue weighted by molar-refractivity contribution is 6.30. The molecule has 1 aromatic carbocycles. The Morgan fingerprint density at radius 3 is 2.55 bits per heavy atom. The molecular weight excluding hydrogens is 296 g/mol. The summed E-state index contributed by atoms with van der Waals surface area (Å²) in [7, 11) is 2.17. The monoisotopic (exact) mass is 320 g/mol. The average molecular weight is 321 g/mol. The van der Waals surface area contributed by atoms with Gasteiger partial charge in [-0.05, 0) is 31.2 Å². The lowest BCUT2D eigenvalue weighted by Crippen LogP contribution is -2.52. The molecule has 0 aromatic heterocycles. The van der Waals surface area contributed by atoms with E-state index in [4.69, 9.17) is 11.6 Å². The van der Waals surface area contributed by atoms with E-state index in [9.17, 15) is 5.26 Å². The van der Waals surface area contributed by atoms with E-state index < -0.39 is 0 Å². The SMILES string of the molecule is CC(C)C(CNc1ccc(Cl)cc1C#N)N1CCN(C)CC1. The van der Waals surface area contributed by atoms with Crippen molar-refractivity contribution in [3.63, 3.8) is 0 Å². The van der Waals surface area contributed by atoms with Crippen molar-refractivity contribution in [2.75, 3.05) is 45.1 Å². The Kier molecular flexibility index (Phi) is 6.07. The summed E-state index contributed by atoms with van der Waals surface area (Å²) in [6, 6.07) is 8.10. The molecule has 0 aliphatic carbocycles. The zero-order chi connectivity index (χ0) is 16.1. The van der Waals surface area contributed by atoms with Gasteiger partial charge in [0.25, 0.3) is 0 Å². The molecule has 1 N–H and O–H groups in total. The van der Waals surface area contributed by atoms with Gasteiger partial charge in [0, 0.05) is 43.8 Å². The van der Waals surface area contributed by atoms with Crippen LogP contribution >= 0.6 is 11.6 Å². The maximum Gasteiger partial charge on any atom is 0.101 e. The second-order valence-corrected chi connectivity index (χ2v) is 6.77. The molecule has 1 unspecified atom stereocenters. The van der Waals surface area contributed by atoms with Gasteiger partial charge in [0.05, 0.1) is 11.3 Å². The highest BCUT2D eigenvalue weighted by atomic mass is 35.5. The Labute approximate surface area is 138 Å². The van der Waals surface area contributed by atoms with Gasteiger partial charge in [0.1, 0.15) is 6.07 Å². The smallest absolute Gasteiger partial charge is 0.101 e. The molecule has 1 aromatic rings. The molecular formula is C17H25ClN4. The van der Waals surface area contributed by atoms with Crippen molar-refractivity contribution in [3.8, 4) is 6.07 Å². The molecule has 2 rings (SSSR count). The predicted octanol–water partition coefficient (Wildman–Crippen LogP) is 2.90. The first kappa shape index (κ1) is 17.1. The van der Waals surface area contributed by atoms with Crippen LogP contribution in [-0.4, -0.2) is 55.6 Å². The second kappa shape index (κ2) is 7.82. The van der Waals surface area contributed by atoms with E-state index in [2.05, 4.69) is 42.1 Å². The summed E-state index contributed by atoms with van der Waals surface area (Å²) in [6.45, 7) is 9.81. The zero-order valence-corrected chi connectivity index (χ0v) is 14.4. The molecule has 0 radical (unpaired) electrons. The van der Waals surface area contributed by atoms with Crippen molar-refractivity contribution in [3.05, 3.63) is 28.8 Å². The number of nitrogens with one attached hydrogen (secondary N) is 1. The molecule has 22 heavy (non-hydrogen) atoms. The minimum Gasteiger partial charge on any atom is -0.382 e. The first-order valence-corrected chi connectivity index (χ1v) is 8.25. The lowest BCUT2D eigenvalue weighted by molar-refractivity contribution is 0.0944. The highest BCUT2D eigenvalue weighted by Crippen LogP contribution is 2.21. The fourth-order valence-electron chi connectivity index (χ4n) is 2.92. The van der Waals surface area contributed by atoms with Crippen LogP contribution in [0.3, 0.4) is 0 Å². The average Bonchev–Trinajstić information content (AvgIpc) is 2.50. The molecule has 1 fully saturated rings. The molecule has 1 aliphatic rings. The Morgan fingerprint density at radius 1 is 1.27 bits per heavy atom. The molecule has 1 heterocycles. The quantitative estimate of drug-likeness (QED) is 0.906. The van der Waals surface area contributed by atoms with E-state index >= 15 is 0 Å². The van der Waals surface area contributed by atoms with Gasteiger partial charge in [-0.15, -0.1) is 0 Å². The predicted molar refractivity (Wildman–Crippen MR) is 92.4 cm³/mol. The third-order valence-electron chi connectivity index (χ3n) is 4.38. The number of likely N-dealkylation sites (N-methyl/N-ethyl adjacent to an activating group) is 1. The molecule has 1 saturated heterocycles. The molecule has 0 bridgehead atoms. The number of nitriles is 1. The van der Waals surface area contributed by atoms with Crippen molar-refractivity contribution >= 4 is 17.3 Å². The van der Waals surface area contributed by atoms with E-state index in [1.165, 1.54) is 0 Å². The zero-order valence-electron chi connectivity index (χ0n) is 13.6. The maximum atomic E-state index is 9.23. The number of rotatable bonds is 5. The van der Waals surface area contributed by atoms with Crippen molar-refractivity contribution in [2.45, 2.75) is 19.9 Å². The molecule has 4 nitrogen and oxygen atoms in total. The largest absolute Gasteiger partial charge is 0.382 e. The van der Waals surface area contributed by atoms with Gasteiger partial charge in [-0.2, -0.15) is 5.26 Å². The maximum absolute atomic E-state index is 9.23. The second-order valence-electron chi connectivity index (χ2n) is 6.33. The third-order valence-corrected chi connectivity index (χ3v) is 4.62. The van der Waals surface area contributed by atoms with Crippen LogP contribution in [0.4, 0.5) is 5.69 Å². The van der Waals surface area contributed by atoms with Crippen LogP contribution in [0.15, 0.2) is 18.2 Å². The Bertz CT molecular complexity index is 530. The molecule has 0 saturated carbocycles. The van der Waals surface area contributed by atoms with Crippen molar-refractivity contribution < 1.29 is 0 Å². The van der Waals surface area contributed by atoms with Gasteiger partial charge < -0.3 is 10.2 Å². The number of benzene rings is 1. The topological polar surface area (TPSA) is 42.3 Å². The van der Waals surface area contributed by atoms with Crippen molar-refractivity contribution in [1.82, 2.24) is 9.80 Å². The standard InChI is InChI=1S/C17H25ClN4/c1-13(2)17(22-8-6-21(3)7-9-22)12-20-16-5-4-15(18)10-14(16)11-19/h4-5,10,13,17,20H,6-9,12H2,1-3H3. The molecule has 1 atom stereocenters. The highest BCUT2D eigenvalue weighted by Gasteiger charge is 2.24. The summed E-state index contributed by atoms with van der Waals surface area (Å²) in [5.74, 6) is 0.564. The van der Waals surface area contributed by atoms with Gasteiger partial charge in [-0.3, -0.25) is 4.90 Å². The molecule has 5 heteroatoms. The summed E-state index contributed by atoms with van der Waals surface area (Å²) >= 11 is 5.95. The normalized spacial score (nSPS) is 18.2. The van der Waals surface area contributed by atoms with Crippen LogP contribution in [0.5, 0.6) is 0 Å². The Morgan fingerprint density at radius 2 is 1.95 bits per heavy atom. The number of halogens is 1. The van der Waals surface area contributed by atoms with Crippen molar-refractivity contribution in [1.29, 1.82) is 5.26 Å². The van der Waals surface area contributed by atoms with Crippen LogP contribution in [0.1, 0.15) is 19.4 Å². The van der Waals surface area contributed by atoms with E-state index in [-0.39, 0.29) is 0 Å². The first-order valence-electron chi connectivity index (χ1n) is 7.87. The summed E-state index contributed by atoms with van der Waals surface area (Å²) in [4.78, 5) is 4.92. The summed E-state index contributed by atoms with van der Waals surface area (Å²) in [5.41, 5.74) is 1.47. The van der Waals surface area contributed by atoms with Crippen LogP contribution in [0.2, 0.25) is 5.02 Å². The van der Waals surface area contributed by atoms with Crippen molar-refractivity contribution in [2.24, 2.45) is 5.92 Å². The fraction of sp³-hybridized carbons (Fsp3) is 0.588. The Balaban J connectivity index is 2.02. The minimum atomic E-state index is 0.468. The summed E-state index contributed by atoms with van der Waals surface area (Å²) in [6.07, 6.45) is 0. The van der Waals surface area contributed by atoms with Gasteiger partial charge in [0.2, 0.25) is 0 Å². The van der Waals surface area contributed by atoms with E-state index in [0.29, 0.717) is 22.5 Å². The molecule has 0 amide bonds.